The van der Waals surface area contributed by atoms with Gasteiger partial charge in [0, 0.05) is 6.42 Å². The van der Waals surface area contributed by atoms with Gasteiger partial charge in [-0.3, -0.25) is 13.8 Å². The standard InChI is InChI=1S/C83H149N2O6P/c1-6-8-10-12-14-16-18-20-22-24-26-28-30-32-34-36-38-39-40-41-42-43-44-45-47-49-51-53-55-57-59-61-63-65-67-69-71-73-75-77-83(87)84-81(80-91-92(88,89)90-79-78-85(3,4)5)82(86)76-74-72-70-68-66-64-62-60-58-56-54-52-50-48-46-37-35-33-31-29-27-25-23-21-19-17-15-13-11-9-7-2/h8,10,14,16,20,22,26,28,32,34,38-39,41-42,58,60,66,68,74,76,81-82,86H,6-7,9,11-13,15,17-19,21,23-25,27,29-31,33,35-37,40,43-57,59,61-65,67,69-73,75,77-80H2,1-5H3,(H-,84,87,88,89)/p+1/b10-8-,16-14-,22-20-,28-26-,34-32-,39-38-,42-41-,60-58+,68-66+,76-74+. The van der Waals surface area contributed by atoms with Gasteiger partial charge in [-0.15, -0.1) is 0 Å². The summed E-state index contributed by atoms with van der Waals surface area (Å²) in [4.78, 5) is 23.5. The van der Waals surface area contributed by atoms with Crippen molar-refractivity contribution in [2.45, 2.75) is 360 Å². The van der Waals surface area contributed by atoms with Gasteiger partial charge in [-0.05, 0) is 103 Å². The number of unbranched alkanes of at least 4 members (excludes halogenated alkanes) is 40. The van der Waals surface area contributed by atoms with Gasteiger partial charge in [0.25, 0.3) is 0 Å². The number of nitrogens with zero attached hydrogens (tertiary/aromatic N) is 1. The second-order valence-corrected chi connectivity index (χ2v) is 28.8. The Bertz CT molecular complexity index is 1920. The van der Waals surface area contributed by atoms with Crippen molar-refractivity contribution in [1.29, 1.82) is 0 Å². The number of carbonyl (C=O) groups is 1. The fourth-order valence-corrected chi connectivity index (χ4v) is 11.9. The van der Waals surface area contributed by atoms with Crippen LogP contribution in [0.5, 0.6) is 0 Å². The van der Waals surface area contributed by atoms with Gasteiger partial charge in [0.2, 0.25) is 5.91 Å². The summed E-state index contributed by atoms with van der Waals surface area (Å²) in [6, 6.07) is -0.878. The molecule has 0 aliphatic heterocycles. The molecular weight excluding hydrogens is 1150 g/mol. The molecule has 0 aromatic rings. The molecule has 0 bridgehead atoms. The van der Waals surface area contributed by atoms with Crippen molar-refractivity contribution in [3.63, 3.8) is 0 Å². The first-order chi connectivity index (χ1) is 45.0. The molecule has 9 heteroatoms. The summed E-state index contributed by atoms with van der Waals surface area (Å²) in [5.41, 5.74) is 0. The average molecular weight is 1300 g/mol. The van der Waals surface area contributed by atoms with E-state index in [-0.39, 0.29) is 19.1 Å². The summed E-state index contributed by atoms with van der Waals surface area (Å²) in [5.74, 6) is -0.190. The maximum Gasteiger partial charge on any atom is 0.472 e. The lowest BCUT2D eigenvalue weighted by molar-refractivity contribution is -0.870. The third-order valence-corrected chi connectivity index (χ3v) is 18.1. The molecule has 0 fully saturated rings. The topological polar surface area (TPSA) is 105 Å². The third-order valence-electron chi connectivity index (χ3n) is 17.1. The van der Waals surface area contributed by atoms with Crippen LogP contribution >= 0.6 is 7.82 Å². The van der Waals surface area contributed by atoms with Gasteiger partial charge in [0.15, 0.2) is 0 Å². The minimum absolute atomic E-state index is 0.0502. The van der Waals surface area contributed by atoms with E-state index in [2.05, 4.69) is 129 Å². The molecule has 3 N–H and O–H groups in total. The van der Waals surface area contributed by atoms with E-state index in [9.17, 15) is 19.4 Å². The molecule has 0 aromatic carbocycles. The zero-order chi connectivity index (χ0) is 66.9. The average Bonchev–Trinajstić information content (AvgIpc) is 2.63. The van der Waals surface area contributed by atoms with Crippen LogP contribution in [0.25, 0.3) is 0 Å². The lowest BCUT2D eigenvalue weighted by atomic mass is 10.0. The van der Waals surface area contributed by atoms with Crippen LogP contribution < -0.4 is 5.32 Å². The van der Waals surface area contributed by atoms with Crippen molar-refractivity contribution in [3.8, 4) is 0 Å². The summed E-state index contributed by atoms with van der Waals surface area (Å²) in [5, 5.41) is 14.0. The number of nitrogens with one attached hydrogen (secondary N) is 1. The highest BCUT2D eigenvalue weighted by molar-refractivity contribution is 7.47. The van der Waals surface area contributed by atoms with Crippen LogP contribution in [-0.4, -0.2) is 73.4 Å². The van der Waals surface area contributed by atoms with Gasteiger partial charge < -0.3 is 19.8 Å². The molecule has 0 saturated carbocycles. The van der Waals surface area contributed by atoms with Crippen molar-refractivity contribution in [1.82, 2.24) is 5.32 Å². The first-order valence-corrected chi connectivity index (χ1v) is 40.4. The highest BCUT2D eigenvalue weighted by Crippen LogP contribution is 2.43. The molecule has 0 radical (unpaired) electrons. The van der Waals surface area contributed by atoms with Crippen molar-refractivity contribution in [3.05, 3.63) is 122 Å². The number of allylic oxidation sites excluding steroid dienone is 19. The second-order valence-electron chi connectivity index (χ2n) is 27.3. The van der Waals surface area contributed by atoms with Crippen LogP contribution in [0.4, 0.5) is 0 Å². The first kappa shape index (κ1) is 88.9. The Labute approximate surface area is 571 Å². The smallest absolute Gasteiger partial charge is 0.387 e. The van der Waals surface area contributed by atoms with E-state index in [1.54, 1.807) is 6.08 Å². The number of carbonyl (C=O) groups excluding carboxylic acids is 1. The van der Waals surface area contributed by atoms with Gasteiger partial charge in [-0.1, -0.05) is 360 Å². The molecule has 3 atom stereocenters. The number of hydrogen-bond acceptors (Lipinski definition) is 5. The van der Waals surface area contributed by atoms with Crippen LogP contribution in [0.2, 0.25) is 0 Å². The number of rotatable bonds is 71. The van der Waals surface area contributed by atoms with Crippen molar-refractivity contribution in [2.24, 2.45) is 0 Å². The molecule has 0 rings (SSSR count). The van der Waals surface area contributed by atoms with Gasteiger partial charge in [0.1, 0.15) is 13.2 Å². The quantitative estimate of drug-likeness (QED) is 0.0243. The molecule has 0 aromatic heterocycles. The Morgan fingerprint density at radius 3 is 1.00 bits per heavy atom. The molecule has 0 aliphatic carbocycles. The summed E-state index contributed by atoms with van der Waals surface area (Å²) in [6.07, 6.45) is 108. The Morgan fingerprint density at radius 2 is 0.663 bits per heavy atom. The van der Waals surface area contributed by atoms with Crippen LogP contribution in [0.3, 0.4) is 0 Å². The number of hydrogen-bond donors (Lipinski definition) is 3. The van der Waals surface area contributed by atoms with Gasteiger partial charge in [0.05, 0.1) is 39.9 Å². The summed E-state index contributed by atoms with van der Waals surface area (Å²) < 4.78 is 23.8. The SMILES string of the molecule is CC/C=C\C/C=C\C/C=C\C/C=C\C/C=C\C/C=C\C/C=C\CCCCCCCCCCCCCCCCCCCC(=O)NC(COP(=O)(O)OCC[N+](C)(C)C)C(O)/C=C/CC/C=C/CC/C=C/CCCCCCCCCCCCCCCCCCCCCCC. The summed E-state index contributed by atoms with van der Waals surface area (Å²) in [7, 11) is 1.55. The second kappa shape index (κ2) is 72.2. The number of amides is 1. The van der Waals surface area contributed by atoms with E-state index < -0.39 is 20.0 Å². The summed E-state index contributed by atoms with van der Waals surface area (Å²) >= 11 is 0. The Balaban J connectivity index is 4.07. The number of phosphoric acid groups is 1. The van der Waals surface area contributed by atoms with Gasteiger partial charge >= 0.3 is 7.82 Å². The van der Waals surface area contributed by atoms with E-state index in [1.165, 1.54) is 238 Å². The highest BCUT2D eigenvalue weighted by atomic mass is 31.2. The van der Waals surface area contributed by atoms with Crippen LogP contribution in [0, 0.1) is 0 Å². The monoisotopic (exact) mass is 1300 g/mol. The lowest BCUT2D eigenvalue weighted by Gasteiger charge is -2.25. The molecular formula is C83H150N2O6P+. The predicted molar refractivity (Wildman–Crippen MR) is 405 cm³/mol. The van der Waals surface area contributed by atoms with Gasteiger partial charge in [-0.25, -0.2) is 4.57 Å². The molecule has 1 amide bonds. The molecule has 3 unspecified atom stereocenters. The zero-order valence-corrected chi connectivity index (χ0v) is 61.9. The van der Waals surface area contributed by atoms with E-state index in [1.807, 2.05) is 27.2 Å². The first-order valence-electron chi connectivity index (χ1n) is 38.9. The fraction of sp³-hybridized carbons (Fsp3) is 0.747. The van der Waals surface area contributed by atoms with E-state index in [0.29, 0.717) is 17.4 Å². The lowest BCUT2D eigenvalue weighted by Crippen LogP contribution is -2.45. The predicted octanol–water partition coefficient (Wildman–Crippen LogP) is 25.6. The van der Waals surface area contributed by atoms with E-state index in [0.717, 1.165) is 89.9 Å². The molecule has 0 aliphatic rings. The Morgan fingerprint density at radius 1 is 0.380 bits per heavy atom. The van der Waals surface area contributed by atoms with Crippen LogP contribution in [-0.2, 0) is 18.4 Å². The highest BCUT2D eigenvalue weighted by Gasteiger charge is 2.28. The Kier molecular flexibility index (Phi) is 69.7. The third kappa shape index (κ3) is 74.3. The Hall–Kier alpha value is -3.10. The summed E-state index contributed by atoms with van der Waals surface area (Å²) in [6.45, 7) is 4.70. The maximum atomic E-state index is 13.1. The normalized spacial score (nSPS) is 14.2. The van der Waals surface area contributed by atoms with E-state index in [4.69, 9.17) is 9.05 Å². The van der Waals surface area contributed by atoms with Crippen molar-refractivity contribution >= 4 is 13.7 Å². The fourth-order valence-electron chi connectivity index (χ4n) is 11.2. The van der Waals surface area contributed by atoms with E-state index >= 15 is 0 Å². The molecule has 0 saturated heterocycles. The molecule has 8 nitrogen and oxygen atoms in total. The minimum atomic E-state index is -4.37. The molecule has 92 heavy (non-hydrogen) atoms. The number of aliphatic hydroxyl groups is 1. The number of likely N-dealkylation sites (N-methyl/N-ethyl adjacent to an activating group) is 1. The zero-order valence-electron chi connectivity index (χ0n) is 61.0. The largest absolute Gasteiger partial charge is 0.472 e. The number of aliphatic hydroxyl groups excluding tert-OH is 1. The maximum absolute atomic E-state index is 13.1. The van der Waals surface area contributed by atoms with Crippen molar-refractivity contribution in [2.75, 3.05) is 40.9 Å². The number of quaternary nitrogens is 1. The minimum Gasteiger partial charge on any atom is -0.387 e. The van der Waals surface area contributed by atoms with Crippen LogP contribution in [0.15, 0.2) is 122 Å². The number of phosphoric ester groups is 1. The van der Waals surface area contributed by atoms with Crippen molar-refractivity contribution < 1.29 is 32.9 Å². The van der Waals surface area contributed by atoms with Crippen LogP contribution in [0.1, 0.15) is 348 Å². The van der Waals surface area contributed by atoms with Gasteiger partial charge in [-0.2, -0.15) is 0 Å². The molecule has 532 valence electrons. The molecule has 0 spiro atoms. The molecule has 0 heterocycles.